The van der Waals surface area contributed by atoms with Gasteiger partial charge in [0.2, 0.25) is 5.82 Å². The van der Waals surface area contributed by atoms with E-state index in [0.29, 0.717) is 11.7 Å². The highest BCUT2D eigenvalue weighted by Crippen LogP contribution is 2.30. The van der Waals surface area contributed by atoms with Gasteiger partial charge in [-0.2, -0.15) is 4.98 Å². The standard InChI is InChI=1S/C14H16N2O2/c1-9-3-5-11(6-4-9)14-15-13(16-18-14)12-7-8-17-10(12)2/h5,7-9H,3-4,6H2,1-2H3. The molecule has 0 aliphatic heterocycles. The van der Waals surface area contributed by atoms with Crippen LogP contribution in [0, 0.1) is 12.8 Å². The maximum atomic E-state index is 5.35. The maximum Gasteiger partial charge on any atom is 0.253 e. The molecule has 94 valence electrons. The summed E-state index contributed by atoms with van der Waals surface area (Å²) in [6.07, 6.45) is 7.16. The zero-order valence-corrected chi connectivity index (χ0v) is 10.6. The van der Waals surface area contributed by atoms with E-state index in [-0.39, 0.29) is 0 Å². The van der Waals surface area contributed by atoms with Gasteiger partial charge in [0.1, 0.15) is 5.76 Å². The Morgan fingerprint density at radius 2 is 2.28 bits per heavy atom. The SMILES string of the molecule is Cc1occc1-c1noc(C2=CCC(C)CC2)n1. The minimum absolute atomic E-state index is 0.607. The second-order valence-electron chi connectivity index (χ2n) is 4.92. The average Bonchev–Trinajstić information content (AvgIpc) is 2.98. The number of hydrogen-bond acceptors (Lipinski definition) is 4. The molecule has 0 N–H and O–H groups in total. The Morgan fingerprint density at radius 3 is 2.94 bits per heavy atom. The van der Waals surface area contributed by atoms with E-state index in [1.807, 2.05) is 13.0 Å². The molecule has 0 amide bonds. The van der Waals surface area contributed by atoms with Crippen LogP contribution < -0.4 is 0 Å². The van der Waals surface area contributed by atoms with Crippen molar-refractivity contribution in [3.05, 3.63) is 30.1 Å². The van der Waals surface area contributed by atoms with E-state index in [0.717, 1.165) is 30.1 Å². The molecule has 0 radical (unpaired) electrons. The van der Waals surface area contributed by atoms with Crippen LogP contribution in [0.2, 0.25) is 0 Å². The normalized spacial score (nSPS) is 19.9. The summed E-state index contributed by atoms with van der Waals surface area (Å²) >= 11 is 0. The molecule has 1 atom stereocenters. The highest BCUT2D eigenvalue weighted by molar-refractivity contribution is 5.63. The summed E-state index contributed by atoms with van der Waals surface area (Å²) in [5, 5.41) is 4.03. The van der Waals surface area contributed by atoms with Crippen molar-refractivity contribution < 1.29 is 8.94 Å². The van der Waals surface area contributed by atoms with Crippen molar-refractivity contribution in [3.8, 4) is 11.4 Å². The van der Waals surface area contributed by atoms with Gasteiger partial charge in [-0.05, 0) is 38.2 Å². The first-order valence-corrected chi connectivity index (χ1v) is 6.31. The van der Waals surface area contributed by atoms with Crippen molar-refractivity contribution in [3.63, 3.8) is 0 Å². The Balaban J connectivity index is 1.88. The number of aryl methyl sites for hydroxylation is 1. The van der Waals surface area contributed by atoms with Gasteiger partial charge in [-0.3, -0.25) is 0 Å². The molecule has 1 aliphatic rings. The first-order chi connectivity index (χ1) is 8.74. The van der Waals surface area contributed by atoms with Crippen LogP contribution in [0.4, 0.5) is 0 Å². The van der Waals surface area contributed by atoms with Gasteiger partial charge in [0, 0.05) is 5.57 Å². The smallest absolute Gasteiger partial charge is 0.253 e. The van der Waals surface area contributed by atoms with Crippen LogP contribution in [-0.4, -0.2) is 10.1 Å². The van der Waals surface area contributed by atoms with Crippen LogP contribution in [0.1, 0.15) is 37.8 Å². The molecule has 0 aromatic carbocycles. The Hall–Kier alpha value is -1.84. The number of nitrogens with zero attached hydrogens (tertiary/aromatic N) is 2. The van der Waals surface area contributed by atoms with Gasteiger partial charge in [-0.15, -0.1) is 0 Å². The molecule has 0 spiro atoms. The lowest BCUT2D eigenvalue weighted by molar-refractivity contribution is 0.402. The maximum absolute atomic E-state index is 5.35. The van der Waals surface area contributed by atoms with Gasteiger partial charge in [-0.25, -0.2) is 0 Å². The fraction of sp³-hybridized carbons (Fsp3) is 0.429. The fourth-order valence-electron chi connectivity index (χ4n) is 2.24. The number of hydrogen-bond donors (Lipinski definition) is 0. The van der Waals surface area contributed by atoms with E-state index in [2.05, 4.69) is 23.1 Å². The first-order valence-electron chi connectivity index (χ1n) is 6.31. The van der Waals surface area contributed by atoms with Crippen LogP contribution in [0.15, 0.2) is 27.3 Å². The molecule has 3 rings (SSSR count). The van der Waals surface area contributed by atoms with Crippen LogP contribution in [0.5, 0.6) is 0 Å². The van der Waals surface area contributed by atoms with Gasteiger partial charge in [-0.1, -0.05) is 18.2 Å². The fourth-order valence-corrected chi connectivity index (χ4v) is 2.24. The average molecular weight is 244 g/mol. The van der Waals surface area contributed by atoms with E-state index in [1.54, 1.807) is 6.26 Å². The Morgan fingerprint density at radius 1 is 1.39 bits per heavy atom. The summed E-state index contributed by atoms with van der Waals surface area (Å²) in [7, 11) is 0. The zero-order valence-electron chi connectivity index (χ0n) is 10.6. The molecule has 1 aliphatic carbocycles. The predicted molar refractivity (Wildman–Crippen MR) is 67.7 cm³/mol. The second kappa shape index (κ2) is 4.44. The minimum Gasteiger partial charge on any atom is -0.469 e. The quantitative estimate of drug-likeness (QED) is 0.805. The van der Waals surface area contributed by atoms with E-state index in [4.69, 9.17) is 8.94 Å². The molecule has 2 aromatic heterocycles. The Bertz CT molecular complexity index is 580. The van der Waals surface area contributed by atoms with Crippen molar-refractivity contribution >= 4 is 5.57 Å². The molecule has 0 bridgehead atoms. The van der Waals surface area contributed by atoms with Crippen LogP contribution in [0.3, 0.4) is 0 Å². The highest BCUT2D eigenvalue weighted by Gasteiger charge is 2.18. The summed E-state index contributed by atoms with van der Waals surface area (Å²) in [5.41, 5.74) is 2.07. The first kappa shape index (κ1) is 11.3. The third kappa shape index (κ3) is 1.98. The van der Waals surface area contributed by atoms with Crippen LogP contribution in [-0.2, 0) is 0 Å². The summed E-state index contributed by atoms with van der Waals surface area (Å²) in [6.45, 7) is 4.16. The number of rotatable bonds is 2. The summed E-state index contributed by atoms with van der Waals surface area (Å²) in [4.78, 5) is 4.46. The minimum atomic E-state index is 0.607. The van der Waals surface area contributed by atoms with Crippen molar-refractivity contribution in [1.29, 1.82) is 0 Å². The van der Waals surface area contributed by atoms with Crippen molar-refractivity contribution in [1.82, 2.24) is 10.1 Å². The molecule has 4 nitrogen and oxygen atoms in total. The topological polar surface area (TPSA) is 52.1 Å². The third-order valence-electron chi connectivity index (χ3n) is 3.47. The van der Waals surface area contributed by atoms with Crippen molar-refractivity contribution in [2.75, 3.05) is 0 Å². The van der Waals surface area contributed by atoms with Gasteiger partial charge < -0.3 is 8.94 Å². The Labute approximate surface area is 106 Å². The van der Waals surface area contributed by atoms with Crippen LogP contribution in [0.25, 0.3) is 17.0 Å². The summed E-state index contributed by atoms with van der Waals surface area (Å²) in [6, 6.07) is 1.86. The molecule has 18 heavy (non-hydrogen) atoms. The molecule has 1 unspecified atom stereocenters. The third-order valence-corrected chi connectivity index (χ3v) is 3.47. The molecule has 0 saturated carbocycles. The largest absolute Gasteiger partial charge is 0.469 e. The monoisotopic (exact) mass is 244 g/mol. The van der Waals surface area contributed by atoms with Gasteiger partial charge >= 0.3 is 0 Å². The van der Waals surface area contributed by atoms with Gasteiger partial charge in [0.15, 0.2) is 0 Å². The highest BCUT2D eigenvalue weighted by atomic mass is 16.5. The number of furan rings is 1. The predicted octanol–water partition coefficient (Wildman–Crippen LogP) is 3.84. The molecule has 2 aromatic rings. The molecule has 2 heterocycles. The van der Waals surface area contributed by atoms with Crippen LogP contribution >= 0.6 is 0 Å². The zero-order chi connectivity index (χ0) is 12.5. The van der Waals surface area contributed by atoms with E-state index in [1.165, 1.54) is 12.0 Å². The lowest BCUT2D eigenvalue weighted by atomic mass is 9.91. The summed E-state index contributed by atoms with van der Waals surface area (Å²) < 4.78 is 10.6. The molecular weight excluding hydrogens is 228 g/mol. The van der Waals surface area contributed by atoms with E-state index < -0.39 is 0 Å². The van der Waals surface area contributed by atoms with Gasteiger partial charge in [0.25, 0.3) is 5.89 Å². The summed E-state index contributed by atoms with van der Waals surface area (Å²) in [5.74, 6) is 2.83. The Kier molecular flexibility index (Phi) is 2.78. The lowest BCUT2D eigenvalue weighted by Crippen LogP contribution is -2.01. The van der Waals surface area contributed by atoms with Crippen molar-refractivity contribution in [2.24, 2.45) is 5.92 Å². The lowest BCUT2D eigenvalue weighted by Gasteiger charge is -2.15. The molecule has 0 saturated heterocycles. The molecule has 0 fully saturated rings. The van der Waals surface area contributed by atoms with Gasteiger partial charge in [0.05, 0.1) is 11.8 Å². The van der Waals surface area contributed by atoms with E-state index >= 15 is 0 Å². The number of allylic oxidation sites excluding steroid dienone is 2. The molecule has 4 heteroatoms. The number of aromatic nitrogens is 2. The van der Waals surface area contributed by atoms with E-state index in [9.17, 15) is 0 Å². The second-order valence-corrected chi connectivity index (χ2v) is 4.92. The van der Waals surface area contributed by atoms with Crippen molar-refractivity contribution in [2.45, 2.75) is 33.1 Å². The molecular formula is C14H16N2O2.